The lowest BCUT2D eigenvalue weighted by Crippen LogP contribution is -2.15. The number of nitrogens with one attached hydrogen (secondary N) is 1. The number of hydrogen-bond acceptors (Lipinski definition) is 3. The molecule has 0 bridgehead atoms. The molecule has 1 heterocycles. The van der Waals surface area contributed by atoms with Crippen molar-refractivity contribution in [3.8, 4) is 0 Å². The molecule has 0 saturated carbocycles. The monoisotopic (exact) mass is 305 g/mol. The summed E-state index contributed by atoms with van der Waals surface area (Å²) < 4.78 is 0.742. The molecule has 2 aromatic rings. The number of aromatic nitrogens is 2. The van der Waals surface area contributed by atoms with E-state index in [4.69, 9.17) is 0 Å². The van der Waals surface area contributed by atoms with Crippen molar-refractivity contribution >= 4 is 27.8 Å². The van der Waals surface area contributed by atoms with E-state index in [9.17, 15) is 4.79 Å². The van der Waals surface area contributed by atoms with Gasteiger partial charge in [0.15, 0.2) is 0 Å². The van der Waals surface area contributed by atoms with Gasteiger partial charge in [0.25, 0.3) is 5.91 Å². The third-order valence-electron chi connectivity index (χ3n) is 2.33. The highest BCUT2D eigenvalue weighted by Gasteiger charge is 2.11. The van der Waals surface area contributed by atoms with Gasteiger partial charge in [0.2, 0.25) is 5.95 Å². The molecule has 0 aliphatic rings. The first-order chi connectivity index (χ1) is 8.56. The Labute approximate surface area is 114 Å². The molecule has 0 radical (unpaired) electrons. The smallest absolute Gasteiger partial charge is 0.259 e. The topological polar surface area (TPSA) is 54.9 Å². The van der Waals surface area contributed by atoms with Crippen LogP contribution in [0, 0.1) is 13.8 Å². The van der Waals surface area contributed by atoms with Gasteiger partial charge < -0.3 is 0 Å². The number of aryl methyl sites for hydroxylation is 2. The van der Waals surface area contributed by atoms with Crippen LogP contribution in [0.25, 0.3) is 0 Å². The minimum absolute atomic E-state index is 0.229. The minimum Gasteiger partial charge on any atom is -0.290 e. The Bertz CT molecular complexity index is 578. The normalized spacial score (nSPS) is 10.2. The van der Waals surface area contributed by atoms with Crippen LogP contribution in [0.5, 0.6) is 0 Å². The molecule has 1 N–H and O–H groups in total. The molecule has 0 atom stereocenters. The van der Waals surface area contributed by atoms with Crippen LogP contribution in [0.3, 0.4) is 0 Å². The van der Waals surface area contributed by atoms with Crippen molar-refractivity contribution in [3.63, 3.8) is 0 Å². The van der Waals surface area contributed by atoms with E-state index in [1.807, 2.05) is 38.1 Å². The summed E-state index contributed by atoms with van der Waals surface area (Å²) in [5.41, 5.74) is 2.20. The molecule has 0 spiro atoms. The number of amides is 1. The lowest BCUT2D eigenvalue weighted by molar-refractivity contribution is 0.102. The number of carbonyl (C=O) groups is 1. The van der Waals surface area contributed by atoms with E-state index in [1.165, 1.54) is 0 Å². The van der Waals surface area contributed by atoms with E-state index >= 15 is 0 Å². The molecule has 0 saturated heterocycles. The van der Waals surface area contributed by atoms with E-state index in [0.717, 1.165) is 15.9 Å². The van der Waals surface area contributed by atoms with Gasteiger partial charge in [-0.05, 0) is 48.0 Å². The SMILES string of the molecule is Cc1cc(C)nc(NC(=O)c2ccccc2Br)n1. The van der Waals surface area contributed by atoms with Gasteiger partial charge in [-0.1, -0.05) is 12.1 Å². The van der Waals surface area contributed by atoms with Crippen LogP contribution in [0.1, 0.15) is 21.7 Å². The first-order valence-corrected chi connectivity index (χ1v) is 6.24. The molecule has 0 aliphatic heterocycles. The molecule has 5 heteroatoms. The number of benzene rings is 1. The van der Waals surface area contributed by atoms with Crippen molar-refractivity contribution in [1.82, 2.24) is 9.97 Å². The van der Waals surface area contributed by atoms with E-state index in [1.54, 1.807) is 6.07 Å². The molecule has 1 aromatic carbocycles. The van der Waals surface area contributed by atoms with Crippen LogP contribution in [0.15, 0.2) is 34.8 Å². The van der Waals surface area contributed by atoms with Crippen molar-refractivity contribution in [2.45, 2.75) is 13.8 Å². The van der Waals surface area contributed by atoms with Gasteiger partial charge in [0.05, 0.1) is 5.56 Å². The number of nitrogens with zero attached hydrogens (tertiary/aromatic N) is 2. The fraction of sp³-hybridized carbons (Fsp3) is 0.154. The maximum absolute atomic E-state index is 12.0. The third kappa shape index (κ3) is 2.92. The number of halogens is 1. The Morgan fingerprint density at radius 1 is 1.17 bits per heavy atom. The maximum Gasteiger partial charge on any atom is 0.259 e. The summed E-state index contributed by atoms with van der Waals surface area (Å²) in [6.45, 7) is 3.73. The van der Waals surface area contributed by atoms with E-state index < -0.39 is 0 Å². The maximum atomic E-state index is 12.0. The first kappa shape index (κ1) is 12.7. The summed E-state index contributed by atoms with van der Waals surface area (Å²) in [6.07, 6.45) is 0. The Hall–Kier alpha value is -1.75. The fourth-order valence-corrected chi connectivity index (χ4v) is 2.06. The zero-order valence-corrected chi connectivity index (χ0v) is 11.7. The highest BCUT2D eigenvalue weighted by Crippen LogP contribution is 2.17. The molecular formula is C13H12BrN3O. The van der Waals surface area contributed by atoms with Crippen molar-refractivity contribution in [2.24, 2.45) is 0 Å². The summed E-state index contributed by atoms with van der Waals surface area (Å²) in [7, 11) is 0. The largest absolute Gasteiger partial charge is 0.290 e. The van der Waals surface area contributed by atoms with Crippen molar-refractivity contribution in [2.75, 3.05) is 5.32 Å². The van der Waals surface area contributed by atoms with E-state index in [2.05, 4.69) is 31.2 Å². The van der Waals surface area contributed by atoms with Crippen molar-refractivity contribution < 1.29 is 4.79 Å². The fourth-order valence-electron chi connectivity index (χ4n) is 1.60. The van der Waals surface area contributed by atoms with E-state index in [0.29, 0.717) is 11.5 Å². The standard InChI is InChI=1S/C13H12BrN3O/c1-8-7-9(2)16-13(15-8)17-12(18)10-5-3-4-6-11(10)14/h3-7H,1-2H3,(H,15,16,17,18). The zero-order chi connectivity index (χ0) is 13.1. The molecule has 18 heavy (non-hydrogen) atoms. The lowest BCUT2D eigenvalue weighted by atomic mass is 10.2. The second-order valence-corrected chi connectivity index (χ2v) is 4.76. The van der Waals surface area contributed by atoms with Gasteiger partial charge in [-0.3, -0.25) is 10.1 Å². The highest BCUT2D eigenvalue weighted by atomic mass is 79.9. The number of hydrogen-bond donors (Lipinski definition) is 1. The third-order valence-corrected chi connectivity index (χ3v) is 3.02. The molecule has 2 rings (SSSR count). The molecule has 0 unspecified atom stereocenters. The first-order valence-electron chi connectivity index (χ1n) is 5.44. The van der Waals surface area contributed by atoms with Gasteiger partial charge in [0, 0.05) is 15.9 Å². The quantitative estimate of drug-likeness (QED) is 0.927. The van der Waals surface area contributed by atoms with Crippen molar-refractivity contribution in [3.05, 3.63) is 51.8 Å². The lowest BCUT2D eigenvalue weighted by Gasteiger charge is -2.06. The Morgan fingerprint density at radius 2 is 1.78 bits per heavy atom. The second-order valence-electron chi connectivity index (χ2n) is 3.91. The predicted molar refractivity (Wildman–Crippen MR) is 73.6 cm³/mol. The molecule has 0 aliphatic carbocycles. The summed E-state index contributed by atoms with van der Waals surface area (Å²) in [4.78, 5) is 20.4. The Balaban J connectivity index is 2.24. The Kier molecular flexibility index (Phi) is 3.72. The number of carbonyl (C=O) groups excluding carboxylic acids is 1. The summed E-state index contributed by atoms with van der Waals surface area (Å²) >= 11 is 3.34. The van der Waals surface area contributed by atoms with Crippen LogP contribution in [0.4, 0.5) is 5.95 Å². The zero-order valence-electron chi connectivity index (χ0n) is 10.1. The van der Waals surface area contributed by atoms with Gasteiger partial charge in [-0.2, -0.15) is 0 Å². The van der Waals surface area contributed by atoms with Gasteiger partial charge in [-0.25, -0.2) is 9.97 Å². The average molecular weight is 306 g/mol. The summed E-state index contributed by atoms with van der Waals surface area (Å²) in [6, 6.07) is 9.07. The van der Waals surface area contributed by atoms with Gasteiger partial charge in [-0.15, -0.1) is 0 Å². The Morgan fingerprint density at radius 3 is 2.39 bits per heavy atom. The molecular weight excluding hydrogens is 294 g/mol. The summed E-state index contributed by atoms with van der Waals surface area (Å²) in [5.74, 6) is 0.0979. The molecule has 1 aromatic heterocycles. The molecule has 0 fully saturated rings. The van der Waals surface area contributed by atoms with Crippen LogP contribution >= 0.6 is 15.9 Å². The van der Waals surface area contributed by atoms with Crippen LogP contribution in [0.2, 0.25) is 0 Å². The van der Waals surface area contributed by atoms with Crippen LogP contribution in [-0.2, 0) is 0 Å². The molecule has 4 nitrogen and oxygen atoms in total. The minimum atomic E-state index is -0.229. The predicted octanol–water partition coefficient (Wildman–Crippen LogP) is 3.11. The average Bonchev–Trinajstić information content (AvgIpc) is 2.27. The summed E-state index contributed by atoms with van der Waals surface area (Å²) in [5, 5.41) is 2.69. The van der Waals surface area contributed by atoms with Gasteiger partial charge in [0.1, 0.15) is 0 Å². The van der Waals surface area contributed by atoms with E-state index in [-0.39, 0.29) is 5.91 Å². The molecule has 92 valence electrons. The van der Waals surface area contributed by atoms with Crippen molar-refractivity contribution in [1.29, 1.82) is 0 Å². The van der Waals surface area contributed by atoms with Crippen LogP contribution in [-0.4, -0.2) is 15.9 Å². The highest BCUT2D eigenvalue weighted by molar-refractivity contribution is 9.10. The number of anilines is 1. The second kappa shape index (κ2) is 5.27. The van der Waals surface area contributed by atoms with Gasteiger partial charge >= 0.3 is 0 Å². The molecule has 1 amide bonds. The van der Waals surface area contributed by atoms with Crippen LogP contribution < -0.4 is 5.32 Å². The number of rotatable bonds is 2.